The third-order valence-corrected chi connectivity index (χ3v) is 1.86. The van der Waals surface area contributed by atoms with E-state index in [-0.39, 0.29) is 0 Å². The van der Waals surface area contributed by atoms with E-state index in [1.807, 2.05) is 0 Å². The molecule has 1 nitrogen and oxygen atoms in total. The standard InChI is InChI=1S/C7H18BN/c1-4-7(3)6-9(8)5-2/h7H,4-6,8H2,1-3H3. The maximum Gasteiger partial charge on any atom is 0.185 e. The molecule has 0 aromatic rings. The highest BCUT2D eigenvalue weighted by Gasteiger charge is 2.00. The summed E-state index contributed by atoms with van der Waals surface area (Å²) in [6.07, 6.45) is 1.30. The van der Waals surface area contributed by atoms with Crippen LogP contribution in [0.4, 0.5) is 0 Å². The normalized spacial score (nSPS) is 14.2. The largest absolute Gasteiger partial charge is 0.349 e. The van der Waals surface area contributed by atoms with E-state index < -0.39 is 0 Å². The van der Waals surface area contributed by atoms with E-state index in [1.54, 1.807) is 0 Å². The van der Waals surface area contributed by atoms with Gasteiger partial charge in [-0.05, 0) is 19.0 Å². The predicted molar refractivity (Wildman–Crippen MR) is 45.2 cm³/mol. The van der Waals surface area contributed by atoms with Crippen molar-refractivity contribution in [3.63, 3.8) is 0 Å². The van der Waals surface area contributed by atoms with Crippen LogP contribution in [0.15, 0.2) is 0 Å². The highest BCUT2D eigenvalue weighted by Crippen LogP contribution is 2.00. The molecule has 0 spiro atoms. The van der Waals surface area contributed by atoms with Gasteiger partial charge < -0.3 is 4.81 Å². The zero-order valence-electron chi connectivity index (χ0n) is 7.15. The summed E-state index contributed by atoms with van der Waals surface area (Å²) in [6, 6.07) is 0. The molecule has 9 heavy (non-hydrogen) atoms. The molecule has 0 amide bonds. The molecule has 0 heterocycles. The molecular formula is C7H18BN. The summed E-state index contributed by atoms with van der Waals surface area (Å²) in [7, 11) is 2.17. The Bertz CT molecular complexity index is 57.9. The molecule has 0 aromatic heterocycles. The Morgan fingerprint density at radius 3 is 2.33 bits per heavy atom. The maximum atomic E-state index is 2.36. The lowest BCUT2D eigenvalue weighted by atomic mass is 10.1. The minimum absolute atomic E-state index is 0.856. The number of hydrogen-bond donors (Lipinski definition) is 0. The number of rotatable bonds is 4. The summed E-state index contributed by atoms with van der Waals surface area (Å²) in [6.45, 7) is 9.15. The van der Waals surface area contributed by atoms with Gasteiger partial charge in [-0.3, -0.25) is 0 Å². The van der Waals surface area contributed by atoms with E-state index in [9.17, 15) is 0 Å². The van der Waals surface area contributed by atoms with Gasteiger partial charge in [0.05, 0.1) is 0 Å². The molecule has 0 aliphatic rings. The van der Waals surface area contributed by atoms with Crippen LogP contribution in [0.3, 0.4) is 0 Å². The van der Waals surface area contributed by atoms with Gasteiger partial charge in [0.2, 0.25) is 0 Å². The van der Waals surface area contributed by atoms with Crippen molar-refractivity contribution >= 4 is 7.98 Å². The fourth-order valence-corrected chi connectivity index (χ4v) is 0.790. The van der Waals surface area contributed by atoms with E-state index in [4.69, 9.17) is 0 Å². The Kier molecular flexibility index (Phi) is 4.88. The van der Waals surface area contributed by atoms with Gasteiger partial charge in [0, 0.05) is 0 Å². The van der Waals surface area contributed by atoms with Gasteiger partial charge in [0.25, 0.3) is 0 Å². The van der Waals surface area contributed by atoms with Crippen LogP contribution in [0.1, 0.15) is 27.2 Å². The lowest BCUT2D eigenvalue weighted by molar-refractivity contribution is 0.383. The van der Waals surface area contributed by atoms with Gasteiger partial charge in [-0.2, -0.15) is 0 Å². The lowest BCUT2D eigenvalue weighted by Crippen LogP contribution is -2.25. The molecule has 0 aliphatic carbocycles. The second kappa shape index (κ2) is 4.86. The van der Waals surface area contributed by atoms with E-state index in [0.29, 0.717) is 0 Å². The average molecular weight is 127 g/mol. The third-order valence-electron chi connectivity index (χ3n) is 1.86. The van der Waals surface area contributed by atoms with Crippen molar-refractivity contribution in [1.82, 2.24) is 4.81 Å². The fraction of sp³-hybridized carbons (Fsp3) is 1.00. The van der Waals surface area contributed by atoms with Crippen molar-refractivity contribution in [3.8, 4) is 0 Å². The topological polar surface area (TPSA) is 3.24 Å². The molecule has 1 atom stereocenters. The van der Waals surface area contributed by atoms with Crippen molar-refractivity contribution in [3.05, 3.63) is 0 Å². The van der Waals surface area contributed by atoms with E-state index in [2.05, 4.69) is 33.6 Å². The second-order valence-corrected chi connectivity index (χ2v) is 2.87. The molecule has 0 saturated heterocycles. The summed E-state index contributed by atoms with van der Waals surface area (Å²) in [4.78, 5) is 2.36. The maximum absolute atomic E-state index is 2.36. The van der Waals surface area contributed by atoms with Crippen LogP contribution in [0, 0.1) is 5.92 Å². The number of nitrogens with zero attached hydrogens (tertiary/aromatic N) is 1. The van der Waals surface area contributed by atoms with Crippen LogP contribution in [-0.4, -0.2) is 25.9 Å². The van der Waals surface area contributed by atoms with Crippen molar-refractivity contribution in [2.45, 2.75) is 27.2 Å². The van der Waals surface area contributed by atoms with Crippen LogP contribution in [0.2, 0.25) is 0 Å². The fourth-order valence-electron chi connectivity index (χ4n) is 0.790. The minimum atomic E-state index is 0.856. The summed E-state index contributed by atoms with van der Waals surface area (Å²) in [5.41, 5.74) is 0. The van der Waals surface area contributed by atoms with E-state index >= 15 is 0 Å². The second-order valence-electron chi connectivity index (χ2n) is 2.87. The predicted octanol–water partition coefficient (Wildman–Crippen LogP) is 0.902. The molecule has 2 heteroatoms. The highest BCUT2D eigenvalue weighted by molar-refractivity contribution is 6.04. The Hall–Kier alpha value is 0.0249. The molecule has 0 bridgehead atoms. The minimum Gasteiger partial charge on any atom is -0.349 e. The third kappa shape index (κ3) is 4.52. The van der Waals surface area contributed by atoms with Crippen molar-refractivity contribution in [2.24, 2.45) is 5.92 Å². The van der Waals surface area contributed by atoms with Crippen molar-refractivity contribution in [2.75, 3.05) is 13.1 Å². The average Bonchev–Trinajstić information content (AvgIpc) is 1.87. The molecule has 54 valence electrons. The summed E-state index contributed by atoms with van der Waals surface area (Å²) >= 11 is 0. The van der Waals surface area contributed by atoms with Gasteiger partial charge in [0.1, 0.15) is 0 Å². The van der Waals surface area contributed by atoms with Crippen LogP contribution < -0.4 is 0 Å². The lowest BCUT2D eigenvalue weighted by Gasteiger charge is -2.18. The van der Waals surface area contributed by atoms with Crippen molar-refractivity contribution < 1.29 is 0 Å². The monoisotopic (exact) mass is 127 g/mol. The van der Waals surface area contributed by atoms with Gasteiger partial charge in [-0.15, -0.1) is 0 Å². The molecular weight excluding hydrogens is 109 g/mol. The Morgan fingerprint density at radius 2 is 2.00 bits per heavy atom. The Labute approximate surface area is 59.9 Å². The van der Waals surface area contributed by atoms with E-state index in [0.717, 1.165) is 5.92 Å². The molecule has 1 unspecified atom stereocenters. The van der Waals surface area contributed by atoms with Crippen LogP contribution in [0.25, 0.3) is 0 Å². The van der Waals surface area contributed by atoms with Gasteiger partial charge in [0.15, 0.2) is 7.98 Å². The molecule has 0 aromatic carbocycles. The summed E-state index contributed by atoms with van der Waals surface area (Å²) in [5, 5.41) is 0. The van der Waals surface area contributed by atoms with Crippen LogP contribution in [0.5, 0.6) is 0 Å². The van der Waals surface area contributed by atoms with Gasteiger partial charge >= 0.3 is 0 Å². The van der Waals surface area contributed by atoms with E-state index in [1.165, 1.54) is 19.5 Å². The summed E-state index contributed by atoms with van der Waals surface area (Å²) < 4.78 is 0. The first-order chi connectivity index (χ1) is 4.20. The Balaban J connectivity index is 3.22. The first-order valence-electron chi connectivity index (χ1n) is 3.89. The summed E-state index contributed by atoms with van der Waals surface area (Å²) in [5.74, 6) is 0.856. The highest BCUT2D eigenvalue weighted by atomic mass is 15.0. The van der Waals surface area contributed by atoms with Gasteiger partial charge in [-0.25, -0.2) is 0 Å². The molecule has 0 saturated carbocycles. The number of hydrogen-bond acceptors (Lipinski definition) is 1. The molecule has 0 radical (unpaired) electrons. The van der Waals surface area contributed by atoms with Crippen molar-refractivity contribution in [1.29, 1.82) is 0 Å². The molecule has 0 rings (SSSR count). The molecule has 0 aliphatic heterocycles. The smallest absolute Gasteiger partial charge is 0.185 e. The Morgan fingerprint density at radius 1 is 1.44 bits per heavy atom. The molecule has 0 fully saturated rings. The van der Waals surface area contributed by atoms with Crippen LogP contribution in [-0.2, 0) is 0 Å². The van der Waals surface area contributed by atoms with Gasteiger partial charge in [-0.1, -0.05) is 27.2 Å². The zero-order chi connectivity index (χ0) is 7.28. The zero-order valence-corrected chi connectivity index (χ0v) is 7.15. The van der Waals surface area contributed by atoms with Crippen LogP contribution >= 0.6 is 0 Å². The molecule has 0 N–H and O–H groups in total. The quantitative estimate of drug-likeness (QED) is 0.507. The SMILES string of the molecule is BN(CC)CC(C)CC. The first kappa shape index (κ1) is 9.02. The first-order valence-corrected chi connectivity index (χ1v) is 3.89.